The number of alkyl halides is 1. The van der Waals surface area contributed by atoms with Crippen LogP contribution in [0.4, 0.5) is 4.39 Å². The zero-order valence-electron chi connectivity index (χ0n) is 17.9. The van der Waals surface area contributed by atoms with E-state index in [9.17, 15) is 9.18 Å². The van der Waals surface area contributed by atoms with Crippen molar-refractivity contribution in [3.8, 4) is 0 Å². The maximum absolute atomic E-state index is 11.9. The molecular weight excluding hydrogens is 387 g/mol. The molecule has 0 atom stereocenters. The molecule has 0 fully saturated rings. The van der Waals surface area contributed by atoms with E-state index < -0.39 is 12.2 Å². The Balaban J connectivity index is 0.000000424. The molecule has 0 saturated heterocycles. The van der Waals surface area contributed by atoms with Gasteiger partial charge in [0.25, 0.3) is 0 Å². The zero-order valence-corrected chi connectivity index (χ0v) is 17.9. The summed E-state index contributed by atoms with van der Waals surface area (Å²) >= 11 is 0. The fraction of sp³-hybridized carbons (Fsp3) is 0.381. The van der Waals surface area contributed by atoms with Gasteiger partial charge in [-0.2, -0.15) is 5.10 Å². The molecule has 8 nitrogen and oxygen atoms in total. The predicted octanol–water partition coefficient (Wildman–Crippen LogP) is 2.37. The summed E-state index contributed by atoms with van der Waals surface area (Å²) in [5.41, 5.74) is 13.3. The number of hydrogen-bond acceptors (Lipinski definition) is 6. The van der Waals surface area contributed by atoms with E-state index >= 15 is 0 Å². The molecule has 164 valence electrons. The van der Waals surface area contributed by atoms with Gasteiger partial charge in [0.2, 0.25) is 5.91 Å². The highest BCUT2D eigenvalue weighted by Crippen LogP contribution is 2.20. The van der Waals surface area contributed by atoms with Crippen LogP contribution in [0.3, 0.4) is 0 Å². The van der Waals surface area contributed by atoms with Crippen molar-refractivity contribution in [1.29, 1.82) is 0 Å². The van der Waals surface area contributed by atoms with Crippen LogP contribution in [0.2, 0.25) is 0 Å². The molecule has 1 aliphatic heterocycles. The highest BCUT2D eigenvalue weighted by Gasteiger charge is 2.17. The van der Waals surface area contributed by atoms with Crippen molar-refractivity contribution < 1.29 is 13.9 Å². The van der Waals surface area contributed by atoms with E-state index in [0.717, 1.165) is 23.5 Å². The lowest BCUT2D eigenvalue weighted by molar-refractivity contribution is -0.120. The summed E-state index contributed by atoms with van der Waals surface area (Å²) in [5, 5.41) is 6.77. The molecule has 0 bridgehead atoms. The molecule has 0 unspecified atom stereocenters. The van der Waals surface area contributed by atoms with Gasteiger partial charge >= 0.3 is 0 Å². The SMILES string of the molecule is CC(=O)NC(C)(C)CF.CO/C(N)=C/C=C(\CN)n1nccc1C1=CCC=CC=N1. The number of nitrogens with one attached hydrogen (secondary N) is 1. The lowest BCUT2D eigenvalue weighted by Gasteiger charge is -2.20. The van der Waals surface area contributed by atoms with Gasteiger partial charge in [-0.3, -0.25) is 9.79 Å². The van der Waals surface area contributed by atoms with Gasteiger partial charge in [0.1, 0.15) is 6.67 Å². The van der Waals surface area contributed by atoms with Gasteiger partial charge in [-0.05, 0) is 44.6 Å². The minimum absolute atomic E-state index is 0.197. The van der Waals surface area contributed by atoms with E-state index in [2.05, 4.69) is 15.4 Å². The van der Waals surface area contributed by atoms with E-state index in [1.54, 1.807) is 43.1 Å². The number of ether oxygens (including phenoxy) is 1. The first-order chi connectivity index (χ1) is 14.2. The number of allylic oxidation sites excluding steroid dienone is 5. The van der Waals surface area contributed by atoms with Crippen LogP contribution < -0.4 is 16.8 Å². The van der Waals surface area contributed by atoms with E-state index in [0.29, 0.717) is 12.4 Å². The maximum atomic E-state index is 11.9. The molecule has 0 spiro atoms. The van der Waals surface area contributed by atoms with Crippen molar-refractivity contribution in [3.05, 3.63) is 54.2 Å². The second-order valence-corrected chi connectivity index (χ2v) is 6.99. The van der Waals surface area contributed by atoms with Crippen LogP contribution in [-0.2, 0) is 9.53 Å². The molecular formula is C21H31FN6O2. The zero-order chi connectivity index (χ0) is 22.6. The second-order valence-electron chi connectivity index (χ2n) is 6.99. The summed E-state index contributed by atoms with van der Waals surface area (Å²) < 4.78 is 18.6. The number of hydrogen-bond donors (Lipinski definition) is 3. The lowest BCUT2D eigenvalue weighted by atomic mass is 10.1. The summed E-state index contributed by atoms with van der Waals surface area (Å²) in [5.74, 6) is 0.114. The first kappa shape index (κ1) is 24.8. The van der Waals surface area contributed by atoms with Crippen molar-refractivity contribution in [2.75, 3.05) is 20.3 Å². The Morgan fingerprint density at radius 1 is 1.43 bits per heavy atom. The van der Waals surface area contributed by atoms with E-state index in [1.807, 2.05) is 24.3 Å². The summed E-state index contributed by atoms with van der Waals surface area (Å²) in [6.07, 6.45) is 13.8. The Bertz CT molecular complexity index is 849. The number of methoxy groups -OCH3 is 1. The summed E-state index contributed by atoms with van der Waals surface area (Å²) in [4.78, 5) is 14.8. The van der Waals surface area contributed by atoms with Crippen molar-refractivity contribution in [2.45, 2.75) is 32.7 Å². The van der Waals surface area contributed by atoms with Crippen LogP contribution in [0.25, 0.3) is 11.4 Å². The smallest absolute Gasteiger partial charge is 0.217 e. The molecule has 0 saturated carbocycles. The number of amides is 1. The molecule has 0 aliphatic carbocycles. The third-order valence-electron chi connectivity index (χ3n) is 3.79. The topological polar surface area (TPSA) is 121 Å². The molecule has 1 aromatic rings. The average Bonchev–Trinajstić information content (AvgIpc) is 3.02. The first-order valence-electron chi connectivity index (χ1n) is 9.43. The van der Waals surface area contributed by atoms with Crippen LogP contribution in [0.5, 0.6) is 0 Å². The van der Waals surface area contributed by atoms with Crippen molar-refractivity contribution >= 4 is 23.5 Å². The van der Waals surface area contributed by atoms with E-state index in [4.69, 9.17) is 16.2 Å². The number of rotatable bonds is 7. The summed E-state index contributed by atoms with van der Waals surface area (Å²) in [7, 11) is 1.51. The Hall–Kier alpha value is -3.20. The normalized spacial score (nSPS) is 14.4. The van der Waals surface area contributed by atoms with E-state index in [-0.39, 0.29) is 5.91 Å². The molecule has 0 aromatic carbocycles. The molecule has 30 heavy (non-hydrogen) atoms. The number of halogens is 1. The summed E-state index contributed by atoms with van der Waals surface area (Å²) in [6, 6.07) is 1.90. The molecule has 1 aromatic heterocycles. The Labute approximate surface area is 176 Å². The van der Waals surface area contributed by atoms with Gasteiger partial charge in [-0.25, -0.2) is 9.07 Å². The maximum Gasteiger partial charge on any atom is 0.217 e. The Kier molecular flexibility index (Phi) is 10.3. The van der Waals surface area contributed by atoms with Crippen LogP contribution >= 0.6 is 0 Å². The molecule has 2 heterocycles. The second kappa shape index (κ2) is 12.4. The number of carbonyl (C=O) groups is 1. The minimum Gasteiger partial charge on any atom is -0.483 e. The molecule has 1 amide bonds. The highest BCUT2D eigenvalue weighted by molar-refractivity contribution is 5.81. The number of aromatic nitrogens is 2. The summed E-state index contributed by atoms with van der Waals surface area (Å²) in [6.45, 7) is 4.42. The van der Waals surface area contributed by atoms with Crippen molar-refractivity contribution in [1.82, 2.24) is 15.1 Å². The fourth-order valence-electron chi connectivity index (χ4n) is 2.37. The minimum atomic E-state index is -0.703. The Morgan fingerprint density at radius 2 is 2.17 bits per heavy atom. The average molecular weight is 419 g/mol. The highest BCUT2D eigenvalue weighted by atomic mass is 19.1. The quantitative estimate of drug-likeness (QED) is 0.464. The monoisotopic (exact) mass is 418 g/mol. The molecule has 9 heteroatoms. The molecule has 1 aliphatic rings. The molecule has 5 N–H and O–H groups in total. The third kappa shape index (κ3) is 8.44. The first-order valence-corrected chi connectivity index (χ1v) is 9.43. The van der Waals surface area contributed by atoms with Gasteiger partial charge in [-0.1, -0.05) is 12.2 Å². The lowest BCUT2D eigenvalue weighted by Crippen LogP contribution is -2.43. The number of nitrogens with zero attached hydrogens (tertiary/aromatic N) is 3. The van der Waals surface area contributed by atoms with Crippen molar-refractivity contribution in [2.24, 2.45) is 16.5 Å². The van der Waals surface area contributed by atoms with Gasteiger partial charge in [-0.15, -0.1) is 0 Å². The predicted molar refractivity (Wildman–Crippen MR) is 119 cm³/mol. The van der Waals surface area contributed by atoms with E-state index in [1.165, 1.54) is 14.0 Å². The van der Waals surface area contributed by atoms with Gasteiger partial charge in [0, 0.05) is 19.7 Å². The molecule has 2 rings (SSSR count). The number of nitrogens with two attached hydrogens (primary N) is 2. The van der Waals surface area contributed by atoms with Gasteiger partial charge in [0.15, 0.2) is 5.88 Å². The molecule has 0 radical (unpaired) electrons. The largest absolute Gasteiger partial charge is 0.483 e. The number of carbonyl (C=O) groups excluding carboxylic acids is 1. The van der Waals surface area contributed by atoms with Gasteiger partial charge in [0.05, 0.1) is 35.9 Å². The standard InChI is InChI=1S/C15H19N5O.C6H12FNO/c1-21-15(17)7-6-12(11-16)20-14(8-10-19-20)13-5-3-2-4-9-18-13;1-5(9)8-6(2,3)4-7/h2,4-10H,3,11,16-17H2,1H3;4H2,1-3H3,(H,8,9)/b12-6+,15-7+;. The van der Waals surface area contributed by atoms with Crippen LogP contribution in [-0.4, -0.2) is 47.8 Å². The van der Waals surface area contributed by atoms with Gasteiger partial charge < -0.3 is 21.5 Å². The fourth-order valence-corrected chi connectivity index (χ4v) is 2.37. The van der Waals surface area contributed by atoms with Crippen LogP contribution in [0, 0.1) is 0 Å². The van der Waals surface area contributed by atoms with Crippen LogP contribution in [0.15, 0.2) is 53.5 Å². The number of aliphatic imine (C=N–C) groups is 1. The van der Waals surface area contributed by atoms with Crippen LogP contribution in [0.1, 0.15) is 32.9 Å². The third-order valence-corrected chi connectivity index (χ3v) is 3.79. The van der Waals surface area contributed by atoms with Crippen molar-refractivity contribution in [3.63, 3.8) is 0 Å². The Morgan fingerprint density at radius 3 is 2.73 bits per heavy atom.